The lowest BCUT2D eigenvalue weighted by Gasteiger charge is -2.35. The number of hydrogen-bond acceptors (Lipinski definition) is 4. The molecule has 1 aliphatic heterocycles. The van der Waals surface area contributed by atoms with Gasteiger partial charge in [-0.2, -0.15) is 18.3 Å². The Labute approximate surface area is 172 Å². The van der Waals surface area contributed by atoms with Gasteiger partial charge in [-0.25, -0.2) is 9.50 Å². The van der Waals surface area contributed by atoms with Gasteiger partial charge in [-0.3, -0.25) is 9.69 Å². The predicted molar refractivity (Wildman–Crippen MR) is 107 cm³/mol. The SMILES string of the molecule is CC1CCN(CC(=O)c2cc3nc(-c4ccccc4)cc(C(F)(F)F)n3n2)C(C)C1. The Kier molecular flexibility index (Phi) is 5.36. The maximum atomic E-state index is 13.7. The third kappa shape index (κ3) is 4.09. The molecule has 0 bridgehead atoms. The van der Waals surface area contributed by atoms with Crippen LogP contribution >= 0.6 is 0 Å². The standard InChI is InChI=1S/C22H23F3N4O/c1-14-8-9-28(15(2)10-14)13-19(30)18-12-21-26-17(16-6-4-3-5-7-16)11-20(22(23,24)25)29(21)27-18/h3-7,11-12,14-15H,8-10,13H2,1-2H3. The van der Waals surface area contributed by atoms with Gasteiger partial charge in [-0.05, 0) is 38.3 Å². The first-order valence-corrected chi connectivity index (χ1v) is 10.0. The zero-order chi connectivity index (χ0) is 21.5. The van der Waals surface area contributed by atoms with E-state index in [4.69, 9.17) is 0 Å². The van der Waals surface area contributed by atoms with Gasteiger partial charge in [0.05, 0.1) is 12.2 Å². The normalized spacial score (nSPS) is 20.6. The molecule has 1 fully saturated rings. The van der Waals surface area contributed by atoms with Gasteiger partial charge in [0.1, 0.15) is 5.69 Å². The lowest BCUT2D eigenvalue weighted by Crippen LogP contribution is -2.43. The molecular weight excluding hydrogens is 393 g/mol. The number of Topliss-reactive ketones (excluding diaryl/α,β-unsaturated/α-hetero) is 1. The number of carbonyl (C=O) groups is 1. The van der Waals surface area contributed by atoms with Gasteiger partial charge in [0, 0.05) is 17.7 Å². The van der Waals surface area contributed by atoms with E-state index in [1.165, 1.54) is 6.07 Å². The van der Waals surface area contributed by atoms with Crippen molar-refractivity contribution < 1.29 is 18.0 Å². The number of nitrogens with zero attached hydrogens (tertiary/aromatic N) is 4. The maximum absolute atomic E-state index is 13.7. The molecule has 2 aromatic heterocycles. The fourth-order valence-corrected chi connectivity index (χ4v) is 4.03. The molecule has 1 aromatic carbocycles. The second-order valence-corrected chi connectivity index (χ2v) is 8.06. The number of carbonyl (C=O) groups excluding carboxylic acids is 1. The zero-order valence-electron chi connectivity index (χ0n) is 16.9. The molecule has 0 saturated carbocycles. The van der Waals surface area contributed by atoms with Crippen LogP contribution in [0.25, 0.3) is 16.9 Å². The number of hydrogen-bond donors (Lipinski definition) is 0. The number of halogens is 3. The Hall–Kier alpha value is -2.74. The molecule has 0 radical (unpaired) electrons. The topological polar surface area (TPSA) is 50.5 Å². The monoisotopic (exact) mass is 416 g/mol. The fourth-order valence-electron chi connectivity index (χ4n) is 4.03. The quantitative estimate of drug-likeness (QED) is 0.578. The molecule has 0 spiro atoms. The van der Waals surface area contributed by atoms with Crippen molar-refractivity contribution in [1.82, 2.24) is 19.5 Å². The number of piperidine rings is 1. The number of alkyl halides is 3. The van der Waals surface area contributed by atoms with E-state index < -0.39 is 11.9 Å². The highest BCUT2D eigenvalue weighted by Crippen LogP contribution is 2.32. The molecule has 2 atom stereocenters. The second-order valence-electron chi connectivity index (χ2n) is 8.06. The molecule has 5 nitrogen and oxygen atoms in total. The summed E-state index contributed by atoms with van der Waals surface area (Å²) in [6.07, 6.45) is -2.63. The minimum Gasteiger partial charge on any atom is -0.293 e. The van der Waals surface area contributed by atoms with E-state index in [1.54, 1.807) is 30.3 Å². The molecule has 0 amide bonds. The van der Waals surface area contributed by atoms with Crippen LogP contribution in [0.15, 0.2) is 42.5 Å². The van der Waals surface area contributed by atoms with Crippen LogP contribution in [0.3, 0.4) is 0 Å². The van der Waals surface area contributed by atoms with Gasteiger partial charge < -0.3 is 0 Å². The number of aromatic nitrogens is 3. The van der Waals surface area contributed by atoms with Crippen LogP contribution in [0.2, 0.25) is 0 Å². The van der Waals surface area contributed by atoms with Gasteiger partial charge in [0.15, 0.2) is 17.1 Å². The van der Waals surface area contributed by atoms with Crippen LogP contribution in [0.1, 0.15) is 42.9 Å². The second kappa shape index (κ2) is 7.83. The van der Waals surface area contributed by atoms with Gasteiger partial charge in [0.25, 0.3) is 0 Å². The molecule has 158 valence electrons. The summed E-state index contributed by atoms with van der Waals surface area (Å²) >= 11 is 0. The highest BCUT2D eigenvalue weighted by atomic mass is 19.4. The minimum atomic E-state index is -4.63. The van der Waals surface area contributed by atoms with E-state index in [9.17, 15) is 18.0 Å². The molecule has 2 unspecified atom stereocenters. The van der Waals surface area contributed by atoms with Crippen molar-refractivity contribution >= 4 is 11.4 Å². The maximum Gasteiger partial charge on any atom is 0.433 e. The Balaban J connectivity index is 1.70. The highest BCUT2D eigenvalue weighted by molar-refractivity contribution is 5.96. The molecule has 4 rings (SSSR count). The van der Waals surface area contributed by atoms with Crippen molar-refractivity contribution in [3.05, 3.63) is 53.9 Å². The summed E-state index contributed by atoms with van der Waals surface area (Å²) in [5.41, 5.74) is -0.189. The number of likely N-dealkylation sites (tertiary alicyclic amines) is 1. The Bertz CT molecular complexity index is 1060. The van der Waals surface area contributed by atoms with E-state index in [1.807, 2.05) is 0 Å². The van der Waals surface area contributed by atoms with Crippen LogP contribution in [0.4, 0.5) is 13.2 Å². The number of rotatable bonds is 4. The molecule has 3 heterocycles. The number of benzene rings is 1. The third-order valence-electron chi connectivity index (χ3n) is 5.70. The molecule has 0 aliphatic carbocycles. The van der Waals surface area contributed by atoms with Crippen molar-refractivity contribution in [3.63, 3.8) is 0 Å². The molecule has 1 aliphatic rings. The van der Waals surface area contributed by atoms with Crippen molar-refractivity contribution in [2.24, 2.45) is 5.92 Å². The first-order chi connectivity index (χ1) is 14.2. The fraction of sp³-hybridized carbons (Fsp3) is 0.409. The summed E-state index contributed by atoms with van der Waals surface area (Å²) in [6.45, 7) is 5.20. The summed E-state index contributed by atoms with van der Waals surface area (Å²) in [6, 6.07) is 11.2. The molecular formula is C22H23F3N4O. The van der Waals surface area contributed by atoms with Crippen molar-refractivity contribution in [3.8, 4) is 11.3 Å². The lowest BCUT2D eigenvalue weighted by molar-refractivity contribution is -0.142. The predicted octanol–water partition coefficient (Wildman–Crippen LogP) is 4.72. The first-order valence-electron chi connectivity index (χ1n) is 10.0. The van der Waals surface area contributed by atoms with Crippen LogP contribution in [0.5, 0.6) is 0 Å². The van der Waals surface area contributed by atoms with E-state index in [0.29, 0.717) is 11.5 Å². The molecule has 8 heteroatoms. The van der Waals surface area contributed by atoms with Gasteiger partial charge in [-0.15, -0.1) is 0 Å². The van der Waals surface area contributed by atoms with Gasteiger partial charge in [0.2, 0.25) is 0 Å². The van der Waals surface area contributed by atoms with Crippen LogP contribution in [-0.2, 0) is 6.18 Å². The Morgan fingerprint density at radius 3 is 2.57 bits per heavy atom. The number of fused-ring (bicyclic) bond motifs is 1. The highest BCUT2D eigenvalue weighted by Gasteiger charge is 2.36. The Morgan fingerprint density at radius 1 is 1.17 bits per heavy atom. The van der Waals surface area contributed by atoms with Crippen molar-refractivity contribution in [1.29, 1.82) is 0 Å². The minimum absolute atomic E-state index is 0.00373. The van der Waals surface area contributed by atoms with Gasteiger partial charge in [-0.1, -0.05) is 37.3 Å². The van der Waals surface area contributed by atoms with Crippen molar-refractivity contribution in [2.45, 2.75) is 38.9 Å². The molecule has 3 aromatic rings. The van der Waals surface area contributed by atoms with Crippen LogP contribution in [-0.4, -0.2) is 44.4 Å². The summed E-state index contributed by atoms with van der Waals surface area (Å²) in [7, 11) is 0. The van der Waals surface area contributed by atoms with E-state index >= 15 is 0 Å². The van der Waals surface area contributed by atoms with E-state index in [0.717, 1.165) is 30.0 Å². The molecule has 1 saturated heterocycles. The largest absolute Gasteiger partial charge is 0.433 e. The Morgan fingerprint density at radius 2 is 1.90 bits per heavy atom. The first kappa shape index (κ1) is 20.5. The van der Waals surface area contributed by atoms with E-state index in [2.05, 4.69) is 28.8 Å². The smallest absolute Gasteiger partial charge is 0.293 e. The summed E-state index contributed by atoms with van der Waals surface area (Å²) in [4.78, 5) is 19.2. The average Bonchev–Trinajstić information content (AvgIpc) is 3.13. The molecule has 0 N–H and O–H groups in total. The van der Waals surface area contributed by atoms with Crippen LogP contribution < -0.4 is 0 Å². The summed E-state index contributed by atoms with van der Waals surface area (Å²) in [5.74, 6) is 0.313. The third-order valence-corrected chi connectivity index (χ3v) is 5.70. The van der Waals surface area contributed by atoms with Gasteiger partial charge >= 0.3 is 6.18 Å². The van der Waals surface area contributed by atoms with E-state index in [-0.39, 0.29) is 35.4 Å². The van der Waals surface area contributed by atoms with Crippen molar-refractivity contribution in [2.75, 3.05) is 13.1 Å². The zero-order valence-corrected chi connectivity index (χ0v) is 16.9. The summed E-state index contributed by atoms with van der Waals surface area (Å²) in [5, 5.41) is 3.98. The average molecular weight is 416 g/mol. The summed E-state index contributed by atoms with van der Waals surface area (Å²) < 4.78 is 41.8. The molecule has 30 heavy (non-hydrogen) atoms. The number of ketones is 1. The lowest BCUT2D eigenvalue weighted by atomic mass is 9.93. The van der Waals surface area contributed by atoms with Crippen LogP contribution in [0, 0.1) is 5.92 Å².